The molecule has 18 heavy (non-hydrogen) atoms. The molecular weight excluding hydrogens is 251 g/mol. The molecule has 1 aromatic heterocycles. The zero-order chi connectivity index (χ0) is 13.6. The van der Waals surface area contributed by atoms with Crippen LogP contribution in [0, 0.1) is 0 Å². The van der Waals surface area contributed by atoms with Crippen LogP contribution in [-0.2, 0) is 17.9 Å². The van der Waals surface area contributed by atoms with Crippen LogP contribution < -0.4 is 5.73 Å². The number of carbonyl (C=O) groups is 1. The largest absolute Gasteiger partial charge is 0.415 e. The highest BCUT2D eigenvalue weighted by atomic mass is 19.4. The van der Waals surface area contributed by atoms with Crippen LogP contribution in [0.5, 0.6) is 0 Å². The number of aromatic nitrogens is 3. The lowest BCUT2D eigenvalue weighted by Crippen LogP contribution is -2.62. The molecule has 1 amide bonds. The van der Waals surface area contributed by atoms with E-state index in [4.69, 9.17) is 5.73 Å². The molecule has 2 rings (SSSR count). The summed E-state index contributed by atoms with van der Waals surface area (Å²) in [5.41, 5.74) is 2.22. The van der Waals surface area contributed by atoms with E-state index in [1.165, 1.54) is 6.33 Å². The standard InChI is InChI=1S/C9H12F3N5O/c1-8(13,9(10,11)12)7(18)16-2-3-17-5-14-15-6(17)4-16/h5H,2-4,13H2,1H3. The molecule has 1 aromatic rings. The molecule has 2 N–H and O–H groups in total. The van der Waals surface area contributed by atoms with Crippen molar-refractivity contribution in [3.05, 3.63) is 12.2 Å². The average Bonchev–Trinajstić information content (AvgIpc) is 2.73. The number of hydrogen-bond donors (Lipinski definition) is 1. The summed E-state index contributed by atoms with van der Waals surface area (Å²) in [6, 6.07) is 0. The van der Waals surface area contributed by atoms with Gasteiger partial charge in [-0.3, -0.25) is 4.79 Å². The maximum absolute atomic E-state index is 12.7. The van der Waals surface area contributed by atoms with E-state index in [0.717, 1.165) is 4.90 Å². The van der Waals surface area contributed by atoms with Crippen LogP contribution in [0.25, 0.3) is 0 Å². The van der Waals surface area contributed by atoms with E-state index in [9.17, 15) is 18.0 Å². The zero-order valence-electron chi connectivity index (χ0n) is 9.61. The number of nitrogens with two attached hydrogens (primary N) is 1. The Labute approximate surface area is 101 Å². The predicted molar refractivity (Wildman–Crippen MR) is 54.1 cm³/mol. The maximum Gasteiger partial charge on any atom is 0.415 e. The van der Waals surface area contributed by atoms with Crippen molar-refractivity contribution in [3.63, 3.8) is 0 Å². The summed E-state index contributed by atoms with van der Waals surface area (Å²) < 4.78 is 39.7. The summed E-state index contributed by atoms with van der Waals surface area (Å²) in [7, 11) is 0. The van der Waals surface area contributed by atoms with Gasteiger partial charge in [-0.2, -0.15) is 13.2 Å². The molecule has 1 aliphatic heterocycles. The molecule has 0 aliphatic carbocycles. The Kier molecular flexibility index (Phi) is 2.80. The van der Waals surface area contributed by atoms with E-state index in [2.05, 4.69) is 10.2 Å². The van der Waals surface area contributed by atoms with Gasteiger partial charge in [0.2, 0.25) is 0 Å². The Morgan fingerprint density at radius 1 is 1.44 bits per heavy atom. The van der Waals surface area contributed by atoms with Gasteiger partial charge < -0.3 is 15.2 Å². The topological polar surface area (TPSA) is 77.0 Å². The number of hydrogen-bond acceptors (Lipinski definition) is 4. The number of carbonyl (C=O) groups excluding carboxylic acids is 1. The minimum Gasteiger partial charge on any atom is -0.331 e. The number of halogens is 3. The van der Waals surface area contributed by atoms with Crippen LogP contribution >= 0.6 is 0 Å². The van der Waals surface area contributed by atoms with Crippen LogP contribution in [0.15, 0.2) is 6.33 Å². The number of amides is 1. The molecule has 9 heteroatoms. The van der Waals surface area contributed by atoms with Gasteiger partial charge >= 0.3 is 6.18 Å². The summed E-state index contributed by atoms with van der Waals surface area (Å²) in [5.74, 6) is -0.697. The van der Waals surface area contributed by atoms with E-state index < -0.39 is 17.6 Å². The van der Waals surface area contributed by atoms with E-state index in [0.29, 0.717) is 19.3 Å². The summed E-state index contributed by atoms with van der Waals surface area (Å²) in [6.45, 7) is 1.19. The van der Waals surface area contributed by atoms with Crippen LogP contribution in [0.3, 0.4) is 0 Å². The number of fused-ring (bicyclic) bond motifs is 1. The molecule has 1 aliphatic rings. The van der Waals surface area contributed by atoms with Gasteiger partial charge in [-0.25, -0.2) is 0 Å². The minimum atomic E-state index is -4.78. The van der Waals surface area contributed by atoms with Crippen LogP contribution in [-0.4, -0.2) is 43.8 Å². The van der Waals surface area contributed by atoms with E-state index >= 15 is 0 Å². The first-order valence-corrected chi connectivity index (χ1v) is 5.25. The molecule has 6 nitrogen and oxygen atoms in total. The van der Waals surface area contributed by atoms with Gasteiger partial charge in [0.25, 0.3) is 5.91 Å². The summed E-state index contributed by atoms with van der Waals surface area (Å²) >= 11 is 0. The summed E-state index contributed by atoms with van der Waals surface area (Å²) in [4.78, 5) is 12.9. The smallest absolute Gasteiger partial charge is 0.331 e. The highest BCUT2D eigenvalue weighted by molar-refractivity contribution is 5.86. The second kappa shape index (κ2) is 3.94. The Morgan fingerprint density at radius 3 is 2.72 bits per heavy atom. The summed E-state index contributed by atoms with van der Waals surface area (Å²) in [6.07, 6.45) is -3.31. The maximum atomic E-state index is 12.7. The van der Waals surface area contributed by atoms with E-state index in [1.807, 2.05) is 0 Å². The normalized spacial score (nSPS) is 19.3. The highest BCUT2D eigenvalue weighted by Crippen LogP contribution is 2.30. The van der Waals surface area contributed by atoms with Crippen molar-refractivity contribution in [2.45, 2.75) is 31.7 Å². The molecule has 1 unspecified atom stereocenters. The lowest BCUT2D eigenvalue weighted by molar-refractivity contribution is -0.194. The third-order valence-corrected chi connectivity index (χ3v) is 2.96. The Balaban J connectivity index is 2.17. The number of alkyl halides is 3. The Bertz CT molecular complexity index is 467. The van der Waals surface area contributed by atoms with E-state index in [-0.39, 0.29) is 13.1 Å². The fourth-order valence-electron chi connectivity index (χ4n) is 1.69. The van der Waals surface area contributed by atoms with Crippen molar-refractivity contribution in [3.8, 4) is 0 Å². The Hall–Kier alpha value is -1.64. The van der Waals surface area contributed by atoms with Gasteiger partial charge in [0.1, 0.15) is 6.33 Å². The second-order valence-electron chi connectivity index (χ2n) is 4.37. The molecule has 100 valence electrons. The molecule has 0 fully saturated rings. The lowest BCUT2D eigenvalue weighted by atomic mass is 10.0. The molecule has 0 radical (unpaired) electrons. The van der Waals surface area contributed by atoms with Crippen molar-refractivity contribution >= 4 is 5.91 Å². The third-order valence-electron chi connectivity index (χ3n) is 2.96. The van der Waals surface area contributed by atoms with Gasteiger partial charge in [0.05, 0.1) is 6.54 Å². The van der Waals surface area contributed by atoms with Gasteiger partial charge in [-0.05, 0) is 6.92 Å². The predicted octanol–water partition coefficient (Wildman–Crippen LogP) is -0.100. The van der Waals surface area contributed by atoms with Crippen molar-refractivity contribution in [2.24, 2.45) is 5.73 Å². The first-order chi connectivity index (χ1) is 8.23. The molecule has 0 aromatic carbocycles. The first-order valence-electron chi connectivity index (χ1n) is 5.25. The van der Waals surface area contributed by atoms with Gasteiger partial charge in [-0.15, -0.1) is 10.2 Å². The Morgan fingerprint density at radius 2 is 2.11 bits per heavy atom. The fourth-order valence-corrected chi connectivity index (χ4v) is 1.69. The second-order valence-corrected chi connectivity index (χ2v) is 4.37. The molecular formula is C9H12F3N5O. The molecule has 0 saturated carbocycles. The highest BCUT2D eigenvalue weighted by Gasteiger charge is 2.55. The average molecular weight is 263 g/mol. The van der Waals surface area contributed by atoms with Crippen molar-refractivity contribution in [1.82, 2.24) is 19.7 Å². The lowest BCUT2D eigenvalue weighted by Gasteiger charge is -2.34. The van der Waals surface area contributed by atoms with Crippen molar-refractivity contribution < 1.29 is 18.0 Å². The SMILES string of the molecule is CC(N)(C(=O)N1CCn2cnnc2C1)C(F)(F)F. The minimum absolute atomic E-state index is 0.0122. The monoisotopic (exact) mass is 263 g/mol. The molecule has 0 spiro atoms. The quantitative estimate of drug-likeness (QED) is 0.767. The first kappa shape index (κ1) is 12.8. The van der Waals surface area contributed by atoms with E-state index in [1.54, 1.807) is 4.57 Å². The van der Waals surface area contributed by atoms with Crippen molar-refractivity contribution in [2.75, 3.05) is 6.54 Å². The molecule has 0 saturated heterocycles. The van der Waals surface area contributed by atoms with Gasteiger partial charge in [0, 0.05) is 13.1 Å². The number of rotatable bonds is 1. The summed E-state index contributed by atoms with van der Waals surface area (Å²) in [5, 5.41) is 7.36. The van der Waals surface area contributed by atoms with Crippen LogP contribution in [0.2, 0.25) is 0 Å². The fraction of sp³-hybridized carbons (Fsp3) is 0.667. The van der Waals surface area contributed by atoms with Crippen LogP contribution in [0.4, 0.5) is 13.2 Å². The molecule has 0 bridgehead atoms. The van der Waals surface area contributed by atoms with Gasteiger partial charge in [0.15, 0.2) is 11.4 Å². The van der Waals surface area contributed by atoms with Crippen molar-refractivity contribution in [1.29, 1.82) is 0 Å². The van der Waals surface area contributed by atoms with Gasteiger partial charge in [-0.1, -0.05) is 0 Å². The molecule has 1 atom stereocenters. The zero-order valence-corrected chi connectivity index (χ0v) is 9.61. The molecule has 2 heterocycles. The van der Waals surface area contributed by atoms with Crippen LogP contribution in [0.1, 0.15) is 12.7 Å². The number of nitrogens with zero attached hydrogens (tertiary/aromatic N) is 4. The third kappa shape index (κ3) is 1.94.